The van der Waals surface area contributed by atoms with E-state index in [1.54, 1.807) is 0 Å². The summed E-state index contributed by atoms with van der Waals surface area (Å²) in [5.41, 5.74) is 0.628. The van der Waals surface area contributed by atoms with Crippen molar-refractivity contribution in [1.82, 2.24) is 10.6 Å². The zero-order valence-electron chi connectivity index (χ0n) is 10.6. The summed E-state index contributed by atoms with van der Waals surface area (Å²) in [7, 11) is 1.40. The van der Waals surface area contributed by atoms with Crippen LogP contribution in [-0.2, 0) is 9.53 Å². The van der Waals surface area contributed by atoms with Gasteiger partial charge in [-0.1, -0.05) is 12.1 Å². The van der Waals surface area contributed by atoms with Gasteiger partial charge in [-0.15, -0.1) is 0 Å². The number of rotatable bonds is 4. The number of hydrogen-bond donors (Lipinski definition) is 3. The number of carbonyl (C=O) groups is 2. The van der Waals surface area contributed by atoms with E-state index in [4.69, 9.17) is 4.74 Å². The molecule has 0 bridgehead atoms. The molecule has 1 aromatic rings. The highest BCUT2D eigenvalue weighted by Crippen LogP contribution is 2.27. The van der Waals surface area contributed by atoms with Crippen LogP contribution in [-0.4, -0.2) is 30.8 Å². The standard InChI is InChI=1S/C13H13FN2O4/c1-20-6-9-10(12(17)18)11(16-13(19)15-9)7-2-4-8(14)5-3-7/h2-5,11H,6H2,1H3,(H,17,18)(H2,15,16,19). The lowest BCUT2D eigenvalue weighted by Crippen LogP contribution is -2.46. The SMILES string of the molecule is COCC1=C(C(=O)O)C(c2ccc(F)cc2)NC(=O)N1. The predicted octanol–water partition coefficient (Wildman–Crippen LogP) is 1.16. The third-order valence-corrected chi connectivity index (χ3v) is 2.88. The smallest absolute Gasteiger partial charge is 0.335 e. The second kappa shape index (κ2) is 5.70. The fourth-order valence-electron chi connectivity index (χ4n) is 2.03. The molecule has 1 aromatic carbocycles. The number of methoxy groups -OCH3 is 1. The van der Waals surface area contributed by atoms with Gasteiger partial charge >= 0.3 is 12.0 Å². The van der Waals surface area contributed by atoms with Gasteiger partial charge in [0.15, 0.2) is 0 Å². The lowest BCUT2D eigenvalue weighted by molar-refractivity contribution is -0.133. The van der Waals surface area contributed by atoms with E-state index in [0.717, 1.165) is 0 Å². The minimum absolute atomic E-state index is 0.0296. The van der Waals surface area contributed by atoms with E-state index in [1.165, 1.54) is 31.4 Å². The average Bonchev–Trinajstić information content (AvgIpc) is 2.38. The number of carbonyl (C=O) groups excluding carboxylic acids is 1. The van der Waals surface area contributed by atoms with Gasteiger partial charge in [-0.2, -0.15) is 0 Å². The number of benzene rings is 1. The number of nitrogens with one attached hydrogen (secondary N) is 2. The molecule has 1 aliphatic rings. The Morgan fingerprint density at radius 1 is 1.40 bits per heavy atom. The lowest BCUT2D eigenvalue weighted by Gasteiger charge is -2.28. The fourth-order valence-corrected chi connectivity index (χ4v) is 2.03. The molecule has 1 unspecified atom stereocenters. The molecule has 1 heterocycles. The summed E-state index contributed by atoms with van der Waals surface area (Å²) >= 11 is 0. The van der Waals surface area contributed by atoms with Crippen LogP contribution in [0.15, 0.2) is 35.5 Å². The van der Waals surface area contributed by atoms with Gasteiger partial charge in [0.1, 0.15) is 5.82 Å². The summed E-state index contributed by atoms with van der Waals surface area (Å²) in [6.07, 6.45) is 0. The van der Waals surface area contributed by atoms with Gasteiger partial charge in [-0.25, -0.2) is 14.0 Å². The van der Waals surface area contributed by atoms with Crippen LogP contribution in [0.1, 0.15) is 11.6 Å². The highest BCUT2D eigenvalue weighted by atomic mass is 19.1. The van der Waals surface area contributed by atoms with Gasteiger partial charge in [0.25, 0.3) is 0 Å². The average molecular weight is 280 g/mol. The fraction of sp³-hybridized carbons (Fsp3) is 0.231. The van der Waals surface area contributed by atoms with Crippen molar-refractivity contribution in [3.05, 3.63) is 46.9 Å². The van der Waals surface area contributed by atoms with E-state index < -0.39 is 23.9 Å². The second-order valence-corrected chi connectivity index (χ2v) is 4.21. The van der Waals surface area contributed by atoms with E-state index in [9.17, 15) is 19.1 Å². The summed E-state index contributed by atoms with van der Waals surface area (Å²) in [6.45, 7) is -0.0350. The molecule has 3 N–H and O–H groups in total. The lowest BCUT2D eigenvalue weighted by atomic mass is 9.95. The van der Waals surface area contributed by atoms with Crippen molar-refractivity contribution in [2.45, 2.75) is 6.04 Å². The molecule has 0 saturated carbocycles. The van der Waals surface area contributed by atoms with Crippen LogP contribution in [0.25, 0.3) is 0 Å². The molecule has 1 aliphatic heterocycles. The first-order valence-corrected chi connectivity index (χ1v) is 5.81. The maximum Gasteiger partial charge on any atom is 0.335 e. The first kappa shape index (κ1) is 14.0. The summed E-state index contributed by atoms with van der Waals surface area (Å²) in [6, 6.07) is 3.89. The zero-order chi connectivity index (χ0) is 14.7. The summed E-state index contributed by atoms with van der Waals surface area (Å²) in [4.78, 5) is 23.0. The van der Waals surface area contributed by atoms with Crippen LogP contribution in [0.5, 0.6) is 0 Å². The van der Waals surface area contributed by atoms with E-state index in [-0.39, 0.29) is 17.9 Å². The molecule has 7 heteroatoms. The molecule has 2 amide bonds. The summed E-state index contributed by atoms with van der Waals surface area (Å²) in [5.74, 6) is -1.62. The summed E-state index contributed by atoms with van der Waals surface area (Å²) < 4.78 is 17.8. The Hall–Kier alpha value is -2.41. The maximum absolute atomic E-state index is 12.9. The van der Waals surface area contributed by atoms with E-state index in [0.29, 0.717) is 5.56 Å². The van der Waals surface area contributed by atoms with Crippen LogP contribution < -0.4 is 10.6 Å². The highest BCUT2D eigenvalue weighted by molar-refractivity contribution is 5.93. The Balaban J connectivity index is 2.47. The van der Waals surface area contributed by atoms with Gasteiger partial charge in [0.2, 0.25) is 0 Å². The summed E-state index contributed by atoms with van der Waals surface area (Å²) in [5, 5.41) is 14.2. The number of hydrogen-bond acceptors (Lipinski definition) is 3. The molecule has 1 atom stereocenters. The van der Waals surface area contributed by atoms with E-state index >= 15 is 0 Å². The third-order valence-electron chi connectivity index (χ3n) is 2.88. The Bertz CT molecular complexity index is 568. The maximum atomic E-state index is 12.9. The molecule has 106 valence electrons. The van der Waals surface area contributed by atoms with Crippen LogP contribution >= 0.6 is 0 Å². The topological polar surface area (TPSA) is 87.7 Å². The number of carboxylic acids is 1. The largest absolute Gasteiger partial charge is 0.478 e. The molecule has 0 radical (unpaired) electrons. The molecular weight excluding hydrogens is 267 g/mol. The number of amides is 2. The van der Waals surface area contributed by atoms with Crippen molar-refractivity contribution in [2.24, 2.45) is 0 Å². The highest BCUT2D eigenvalue weighted by Gasteiger charge is 2.32. The number of aliphatic carboxylic acids is 1. The molecule has 20 heavy (non-hydrogen) atoms. The number of urea groups is 1. The van der Waals surface area contributed by atoms with E-state index in [2.05, 4.69) is 10.6 Å². The van der Waals surface area contributed by atoms with Gasteiger partial charge < -0.3 is 20.5 Å². The van der Waals surface area contributed by atoms with Crippen LogP contribution in [0.3, 0.4) is 0 Å². The van der Waals surface area contributed by atoms with Crippen molar-refractivity contribution in [3.63, 3.8) is 0 Å². The van der Waals surface area contributed by atoms with Crippen molar-refractivity contribution in [1.29, 1.82) is 0 Å². The van der Waals surface area contributed by atoms with Gasteiger partial charge in [0, 0.05) is 7.11 Å². The van der Waals surface area contributed by atoms with Crippen molar-refractivity contribution in [3.8, 4) is 0 Å². The molecule has 0 aromatic heterocycles. The van der Waals surface area contributed by atoms with Crippen LogP contribution in [0.2, 0.25) is 0 Å². The Morgan fingerprint density at radius 2 is 2.05 bits per heavy atom. The second-order valence-electron chi connectivity index (χ2n) is 4.21. The van der Waals surface area contributed by atoms with Crippen molar-refractivity contribution < 1.29 is 23.8 Å². The van der Waals surface area contributed by atoms with E-state index in [1.807, 2.05) is 0 Å². The minimum atomic E-state index is -1.18. The third kappa shape index (κ3) is 2.77. The van der Waals surface area contributed by atoms with Gasteiger partial charge in [-0.3, -0.25) is 0 Å². The van der Waals surface area contributed by atoms with Crippen LogP contribution in [0, 0.1) is 5.82 Å². The first-order valence-electron chi connectivity index (χ1n) is 5.81. The van der Waals surface area contributed by atoms with Crippen molar-refractivity contribution >= 4 is 12.0 Å². The van der Waals surface area contributed by atoms with Gasteiger partial charge in [-0.05, 0) is 17.7 Å². The number of ether oxygens (including phenoxy) is 1. The molecule has 0 fully saturated rings. The molecule has 0 saturated heterocycles. The molecular formula is C13H13FN2O4. The molecule has 0 spiro atoms. The predicted molar refractivity (Wildman–Crippen MR) is 67.3 cm³/mol. The zero-order valence-corrected chi connectivity index (χ0v) is 10.6. The quantitative estimate of drug-likeness (QED) is 0.772. The monoisotopic (exact) mass is 280 g/mol. The Morgan fingerprint density at radius 3 is 2.60 bits per heavy atom. The number of halogens is 1. The first-order chi connectivity index (χ1) is 9.52. The number of carboxylic acid groups (broad SMARTS) is 1. The molecule has 0 aliphatic carbocycles. The van der Waals surface area contributed by atoms with Gasteiger partial charge in [0.05, 0.1) is 23.9 Å². The Labute approximate surface area is 114 Å². The normalized spacial score (nSPS) is 18.5. The Kier molecular flexibility index (Phi) is 3.99. The van der Waals surface area contributed by atoms with Crippen LogP contribution in [0.4, 0.5) is 9.18 Å². The molecule has 6 nitrogen and oxygen atoms in total. The van der Waals surface area contributed by atoms with Crippen molar-refractivity contribution in [2.75, 3.05) is 13.7 Å². The minimum Gasteiger partial charge on any atom is -0.478 e. The molecule has 2 rings (SSSR count).